The normalized spacial score (nSPS) is 15.4. The SMILES string of the molecule is C[N+](C)(C)C(NS(=O)(=O)O)C(=O)[O-]. The Labute approximate surface area is 76.4 Å². The van der Waals surface area contributed by atoms with Crippen molar-refractivity contribution < 1.29 is 27.4 Å². The minimum absolute atomic E-state index is 0.234. The summed E-state index contributed by atoms with van der Waals surface area (Å²) in [6.07, 6.45) is -1.52. The van der Waals surface area contributed by atoms with Crippen LogP contribution in [0.3, 0.4) is 0 Å². The van der Waals surface area contributed by atoms with E-state index in [-0.39, 0.29) is 4.48 Å². The van der Waals surface area contributed by atoms with E-state index in [1.165, 1.54) is 25.9 Å². The van der Waals surface area contributed by atoms with Crippen molar-refractivity contribution in [1.82, 2.24) is 4.72 Å². The number of carbonyl (C=O) groups excluding carboxylic acids is 1. The summed E-state index contributed by atoms with van der Waals surface area (Å²) in [6, 6.07) is 0. The summed E-state index contributed by atoms with van der Waals surface area (Å²) in [5, 5.41) is 10.5. The van der Waals surface area contributed by atoms with Crippen molar-refractivity contribution in [3.63, 3.8) is 0 Å². The molecular formula is C5H12N2O5S. The summed E-state index contributed by atoms with van der Waals surface area (Å²) in [5.74, 6) is -1.61. The Morgan fingerprint density at radius 2 is 1.85 bits per heavy atom. The van der Waals surface area contributed by atoms with Gasteiger partial charge in [-0.3, -0.25) is 4.55 Å². The first-order chi connectivity index (χ1) is 5.54. The lowest BCUT2D eigenvalue weighted by atomic mass is 10.4. The van der Waals surface area contributed by atoms with E-state index >= 15 is 0 Å². The van der Waals surface area contributed by atoms with Crippen LogP contribution in [0.5, 0.6) is 0 Å². The number of hydrogen-bond donors (Lipinski definition) is 2. The van der Waals surface area contributed by atoms with Gasteiger partial charge < -0.3 is 14.4 Å². The third kappa shape index (κ3) is 4.78. The van der Waals surface area contributed by atoms with Crippen LogP contribution in [0.1, 0.15) is 0 Å². The van der Waals surface area contributed by atoms with E-state index in [4.69, 9.17) is 4.55 Å². The van der Waals surface area contributed by atoms with E-state index in [0.29, 0.717) is 0 Å². The third-order valence-electron chi connectivity index (χ3n) is 1.26. The van der Waals surface area contributed by atoms with Crippen LogP contribution in [0.15, 0.2) is 0 Å². The van der Waals surface area contributed by atoms with Gasteiger partial charge in [-0.25, -0.2) is 0 Å². The molecule has 0 saturated carbocycles. The van der Waals surface area contributed by atoms with E-state index in [1.54, 1.807) is 0 Å². The average Bonchev–Trinajstić information content (AvgIpc) is 1.77. The Morgan fingerprint density at radius 1 is 1.46 bits per heavy atom. The summed E-state index contributed by atoms with van der Waals surface area (Å²) in [5.41, 5.74) is 0. The smallest absolute Gasteiger partial charge is 0.338 e. The lowest BCUT2D eigenvalue weighted by Gasteiger charge is -2.33. The zero-order valence-electron chi connectivity index (χ0n) is 7.51. The molecule has 0 fully saturated rings. The van der Waals surface area contributed by atoms with Crippen LogP contribution in [0, 0.1) is 0 Å². The van der Waals surface area contributed by atoms with Gasteiger partial charge in [-0.2, -0.15) is 8.42 Å². The van der Waals surface area contributed by atoms with Gasteiger partial charge in [-0.05, 0) is 0 Å². The summed E-state index contributed by atoms with van der Waals surface area (Å²) in [4.78, 5) is 10.5. The van der Waals surface area contributed by atoms with Crippen molar-refractivity contribution in [2.45, 2.75) is 6.17 Å². The van der Waals surface area contributed by atoms with Gasteiger partial charge in [0, 0.05) is 0 Å². The number of carboxylic acids is 1. The van der Waals surface area contributed by atoms with Crippen LogP contribution in [-0.2, 0) is 15.1 Å². The van der Waals surface area contributed by atoms with E-state index in [9.17, 15) is 18.3 Å². The molecule has 2 N–H and O–H groups in total. The highest BCUT2D eigenvalue weighted by Gasteiger charge is 2.28. The predicted molar refractivity (Wildman–Crippen MR) is 41.5 cm³/mol. The van der Waals surface area contributed by atoms with Crippen molar-refractivity contribution >= 4 is 16.3 Å². The lowest BCUT2D eigenvalue weighted by Crippen LogP contribution is -2.63. The molecule has 1 atom stereocenters. The van der Waals surface area contributed by atoms with Crippen LogP contribution in [0.2, 0.25) is 0 Å². The molecule has 0 amide bonds. The van der Waals surface area contributed by atoms with Gasteiger partial charge >= 0.3 is 10.3 Å². The summed E-state index contributed by atoms with van der Waals surface area (Å²) < 4.78 is 30.3. The second kappa shape index (κ2) is 3.58. The number of nitrogens with one attached hydrogen (secondary N) is 1. The summed E-state index contributed by atoms with van der Waals surface area (Å²) >= 11 is 0. The predicted octanol–water partition coefficient (Wildman–Crippen LogP) is -2.84. The lowest BCUT2D eigenvalue weighted by molar-refractivity contribution is -0.891. The summed E-state index contributed by atoms with van der Waals surface area (Å²) in [6.45, 7) is 0. The molecule has 0 radical (unpaired) electrons. The highest BCUT2D eigenvalue weighted by molar-refractivity contribution is 7.83. The Kier molecular flexibility index (Phi) is 3.39. The van der Waals surface area contributed by atoms with Gasteiger partial charge in [0.2, 0.25) is 0 Å². The standard InChI is InChI=1S/C5H12N2O5S/c1-7(2,3)4(5(8)9)6-13(10,11)12/h4,6H,1-3H3,(H-,8,9,10,11,12). The molecule has 0 aromatic carbocycles. The number of hydrogen-bond acceptors (Lipinski definition) is 4. The molecule has 0 heterocycles. The molecule has 0 aliphatic rings. The molecular weight excluding hydrogens is 200 g/mol. The number of nitrogens with zero attached hydrogens (tertiary/aromatic N) is 1. The number of quaternary nitrogens is 1. The molecule has 0 saturated heterocycles. The molecule has 7 nitrogen and oxygen atoms in total. The molecule has 1 unspecified atom stereocenters. The molecule has 0 aromatic heterocycles. The van der Waals surface area contributed by atoms with E-state index in [0.717, 1.165) is 0 Å². The Morgan fingerprint density at radius 3 is 1.92 bits per heavy atom. The molecule has 0 bridgehead atoms. The summed E-state index contributed by atoms with van der Waals surface area (Å²) in [7, 11) is -0.209. The Bertz CT molecular complexity index is 291. The molecule has 13 heavy (non-hydrogen) atoms. The molecule has 8 heteroatoms. The monoisotopic (exact) mass is 212 g/mol. The zero-order chi connectivity index (χ0) is 10.9. The topological polar surface area (TPSA) is 107 Å². The second-order valence-corrected chi connectivity index (χ2v) is 4.62. The Hall–Kier alpha value is -0.700. The van der Waals surface area contributed by atoms with Crippen molar-refractivity contribution in [3.05, 3.63) is 0 Å². The zero-order valence-corrected chi connectivity index (χ0v) is 8.33. The molecule has 0 spiro atoms. The average molecular weight is 212 g/mol. The van der Waals surface area contributed by atoms with Gasteiger partial charge in [-0.1, -0.05) is 0 Å². The number of aliphatic carboxylic acids is 1. The number of rotatable bonds is 4. The first-order valence-electron chi connectivity index (χ1n) is 3.31. The van der Waals surface area contributed by atoms with Gasteiger partial charge in [-0.15, -0.1) is 4.72 Å². The fraction of sp³-hybridized carbons (Fsp3) is 0.800. The van der Waals surface area contributed by atoms with Gasteiger partial charge in [0.1, 0.15) is 5.97 Å². The van der Waals surface area contributed by atoms with Crippen LogP contribution >= 0.6 is 0 Å². The van der Waals surface area contributed by atoms with Crippen molar-refractivity contribution in [1.29, 1.82) is 0 Å². The molecule has 0 aliphatic heterocycles. The number of carbonyl (C=O) groups is 1. The van der Waals surface area contributed by atoms with Gasteiger partial charge in [0.25, 0.3) is 0 Å². The first kappa shape index (κ1) is 12.3. The molecule has 78 valence electrons. The largest absolute Gasteiger partial charge is 0.543 e. The van der Waals surface area contributed by atoms with Gasteiger partial charge in [0.15, 0.2) is 6.17 Å². The highest BCUT2D eigenvalue weighted by atomic mass is 32.2. The minimum atomic E-state index is -4.54. The van der Waals surface area contributed by atoms with Crippen molar-refractivity contribution in [2.75, 3.05) is 21.1 Å². The second-order valence-electron chi connectivity index (χ2n) is 3.43. The van der Waals surface area contributed by atoms with Crippen LogP contribution in [0.25, 0.3) is 0 Å². The van der Waals surface area contributed by atoms with E-state index in [2.05, 4.69) is 0 Å². The number of carboxylic acid groups (broad SMARTS) is 1. The van der Waals surface area contributed by atoms with Crippen LogP contribution in [-0.4, -0.2) is 50.7 Å². The Balaban J connectivity index is 4.77. The van der Waals surface area contributed by atoms with E-state index in [1.807, 2.05) is 0 Å². The fourth-order valence-electron chi connectivity index (χ4n) is 0.664. The van der Waals surface area contributed by atoms with Crippen LogP contribution in [0.4, 0.5) is 0 Å². The third-order valence-corrected chi connectivity index (χ3v) is 1.78. The molecule has 0 aromatic rings. The van der Waals surface area contributed by atoms with Gasteiger partial charge in [0.05, 0.1) is 21.1 Å². The van der Waals surface area contributed by atoms with Crippen molar-refractivity contribution in [3.8, 4) is 0 Å². The van der Waals surface area contributed by atoms with Crippen molar-refractivity contribution in [2.24, 2.45) is 0 Å². The minimum Gasteiger partial charge on any atom is -0.543 e. The van der Waals surface area contributed by atoms with E-state index < -0.39 is 22.4 Å². The first-order valence-corrected chi connectivity index (χ1v) is 4.75. The quantitative estimate of drug-likeness (QED) is 0.296. The maximum absolute atomic E-state index is 10.5. The molecule has 0 rings (SSSR count). The maximum atomic E-state index is 10.5. The maximum Gasteiger partial charge on any atom is 0.338 e. The highest BCUT2D eigenvalue weighted by Crippen LogP contribution is 1.99. The fourth-order valence-corrected chi connectivity index (χ4v) is 1.36. The number of likely N-dealkylation sites (N-methyl/N-ethyl adjacent to an activating group) is 1. The molecule has 0 aliphatic carbocycles. The van der Waals surface area contributed by atoms with Crippen LogP contribution < -0.4 is 9.83 Å².